The summed E-state index contributed by atoms with van der Waals surface area (Å²) >= 11 is 18.9. The fourth-order valence-electron chi connectivity index (χ4n) is 2.08. The maximum atomic E-state index is 12.5. The zero-order valence-electron chi connectivity index (χ0n) is 12.3. The molecule has 126 valence electrons. The predicted molar refractivity (Wildman–Crippen MR) is 97.1 cm³/mol. The number of carboxylic acids is 1. The van der Waals surface area contributed by atoms with E-state index in [1.165, 1.54) is 0 Å². The first-order chi connectivity index (χ1) is 11.4. The average molecular weight is 403 g/mol. The molecule has 0 N–H and O–H groups in total. The number of Topliss-reactive ketones (excluding diaryl/α,β-unsaturated/α-hetero) is 1. The highest BCUT2D eigenvalue weighted by molar-refractivity contribution is 8.00. The van der Waals surface area contributed by atoms with Gasteiger partial charge in [0.15, 0.2) is 5.78 Å². The number of halogens is 3. The Morgan fingerprint density at radius 3 is 2.25 bits per heavy atom. The molecular weight excluding hydrogens is 391 g/mol. The second kappa shape index (κ2) is 8.77. The van der Waals surface area contributed by atoms with Gasteiger partial charge in [0.2, 0.25) is 0 Å². The molecule has 0 radical (unpaired) electrons. The van der Waals surface area contributed by atoms with Gasteiger partial charge in [-0.25, -0.2) is 0 Å². The molecule has 0 fully saturated rings. The molecule has 3 nitrogen and oxygen atoms in total. The zero-order chi connectivity index (χ0) is 17.7. The largest absolute Gasteiger partial charge is 0.549 e. The van der Waals surface area contributed by atoms with Gasteiger partial charge >= 0.3 is 0 Å². The SMILES string of the molecule is O=C([O-])CS[C@@H](CC(=O)c1ccc(Cl)cc1)c1ccc(Cl)c(Cl)c1. The minimum absolute atomic E-state index is 0.117. The molecule has 0 spiro atoms. The van der Waals surface area contributed by atoms with Crippen LogP contribution in [-0.4, -0.2) is 17.5 Å². The monoisotopic (exact) mass is 401 g/mol. The summed E-state index contributed by atoms with van der Waals surface area (Å²) in [6.07, 6.45) is 0.123. The molecule has 0 aromatic heterocycles. The second-order valence-electron chi connectivity index (χ2n) is 4.98. The van der Waals surface area contributed by atoms with Crippen LogP contribution < -0.4 is 5.11 Å². The highest BCUT2D eigenvalue weighted by atomic mass is 35.5. The number of aliphatic carboxylic acids is 1. The van der Waals surface area contributed by atoms with Gasteiger partial charge in [0, 0.05) is 28.0 Å². The first kappa shape index (κ1) is 19.1. The lowest BCUT2D eigenvalue weighted by atomic mass is 10.0. The zero-order valence-corrected chi connectivity index (χ0v) is 15.4. The van der Waals surface area contributed by atoms with E-state index in [2.05, 4.69) is 0 Å². The van der Waals surface area contributed by atoms with E-state index in [4.69, 9.17) is 34.8 Å². The van der Waals surface area contributed by atoms with Gasteiger partial charge in [-0.1, -0.05) is 40.9 Å². The highest BCUT2D eigenvalue weighted by Crippen LogP contribution is 2.36. The van der Waals surface area contributed by atoms with E-state index < -0.39 is 5.97 Å². The van der Waals surface area contributed by atoms with Gasteiger partial charge in [-0.2, -0.15) is 0 Å². The van der Waals surface area contributed by atoms with Crippen molar-refractivity contribution in [2.75, 3.05) is 5.75 Å². The molecule has 1 atom stereocenters. The third-order valence-corrected chi connectivity index (χ3v) is 5.49. The Bertz CT molecular complexity index is 747. The number of thioether (sulfide) groups is 1. The van der Waals surface area contributed by atoms with Crippen LogP contribution in [0.25, 0.3) is 0 Å². The summed E-state index contributed by atoms with van der Waals surface area (Å²) in [6, 6.07) is 11.6. The summed E-state index contributed by atoms with van der Waals surface area (Å²) in [5.74, 6) is -1.53. The smallest absolute Gasteiger partial charge is 0.164 e. The van der Waals surface area contributed by atoms with Crippen LogP contribution in [0.2, 0.25) is 15.1 Å². The number of carboxylic acid groups (broad SMARTS) is 1. The van der Waals surface area contributed by atoms with Crippen LogP contribution in [0.1, 0.15) is 27.6 Å². The maximum absolute atomic E-state index is 12.5. The number of carbonyl (C=O) groups excluding carboxylic acids is 2. The summed E-state index contributed by atoms with van der Waals surface area (Å²) in [7, 11) is 0. The fraction of sp³-hybridized carbons (Fsp3) is 0.176. The van der Waals surface area contributed by atoms with Crippen molar-refractivity contribution in [3.8, 4) is 0 Å². The van der Waals surface area contributed by atoms with Gasteiger partial charge < -0.3 is 9.90 Å². The van der Waals surface area contributed by atoms with E-state index in [1.54, 1.807) is 42.5 Å². The Hall–Kier alpha value is -1.20. The van der Waals surface area contributed by atoms with Crippen molar-refractivity contribution in [2.24, 2.45) is 0 Å². The summed E-state index contributed by atoms with van der Waals surface area (Å²) in [5, 5.41) is 11.7. The van der Waals surface area contributed by atoms with Crippen LogP contribution in [0.4, 0.5) is 0 Å². The molecule has 0 aliphatic heterocycles. The van der Waals surface area contributed by atoms with Crippen molar-refractivity contribution < 1.29 is 14.7 Å². The van der Waals surface area contributed by atoms with Crippen LogP contribution >= 0.6 is 46.6 Å². The van der Waals surface area contributed by atoms with E-state index >= 15 is 0 Å². The van der Waals surface area contributed by atoms with Gasteiger partial charge in [-0.05, 0) is 42.0 Å². The van der Waals surface area contributed by atoms with E-state index in [-0.39, 0.29) is 23.2 Å². The Morgan fingerprint density at radius 2 is 1.67 bits per heavy atom. The molecule has 0 aliphatic rings. The number of hydrogen-bond donors (Lipinski definition) is 0. The fourth-order valence-corrected chi connectivity index (χ4v) is 3.45. The Labute approximate surface area is 158 Å². The molecule has 7 heteroatoms. The van der Waals surface area contributed by atoms with Crippen molar-refractivity contribution in [3.05, 3.63) is 68.7 Å². The number of carbonyl (C=O) groups is 2. The van der Waals surface area contributed by atoms with E-state index in [9.17, 15) is 14.7 Å². The molecule has 0 saturated carbocycles. The Kier molecular flexibility index (Phi) is 6.99. The number of rotatable bonds is 7. The lowest BCUT2D eigenvalue weighted by molar-refractivity contribution is -0.301. The van der Waals surface area contributed by atoms with Crippen molar-refractivity contribution in [1.82, 2.24) is 0 Å². The van der Waals surface area contributed by atoms with Gasteiger partial charge in [0.05, 0.1) is 16.0 Å². The molecule has 2 rings (SSSR count). The van der Waals surface area contributed by atoms with Crippen LogP contribution in [0.5, 0.6) is 0 Å². The molecule has 0 saturated heterocycles. The summed E-state index contributed by atoms with van der Waals surface area (Å²) in [5.41, 5.74) is 1.25. The molecule has 0 heterocycles. The minimum Gasteiger partial charge on any atom is -0.549 e. The summed E-state index contributed by atoms with van der Waals surface area (Å²) in [6.45, 7) is 0. The normalized spacial score (nSPS) is 12.0. The third-order valence-electron chi connectivity index (χ3n) is 3.25. The average Bonchev–Trinajstić information content (AvgIpc) is 2.54. The van der Waals surface area contributed by atoms with Crippen molar-refractivity contribution >= 4 is 58.3 Å². The van der Waals surface area contributed by atoms with Gasteiger partial charge in [0.1, 0.15) is 0 Å². The lowest BCUT2D eigenvalue weighted by Crippen LogP contribution is -2.25. The molecule has 2 aromatic rings. The van der Waals surface area contributed by atoms with Crippen molar-refractivity contribution in [2.45, 2.75) is 11.7 Å². The van der Waals surface area contributed by atoms with Crippen molar-refractivity contribution in [3.63, 3.8) is 0 Å². The lowest BCUT2D eigenvalue weighted by Gasteiger charge is -2.17. The molecular formula is C17H12Cl3O3S-. The molecule has 2 aromatic carbocycles. The van der Waals surface area contributed by atoms with Gasteiger partial charge in [-0.3, -0.25) is 4.79 Å². The Morgan fingerprint density at radius 1 is 1.00 bits per heavy atom. The van der Waals surface area contributed by atoms with E-state index in [1.807, 2.05) is 0 Å². The van der Waals surface area contributed by atoms with Gasteiger partial charge in [-0.15, -0.1) is 11.8 Å². The first-order valence-electron chi connectivity index (χ1n) is 6.92. The standard InChI is InChI=1S/C17H13Cl3O3S/c18-12-4-1-10(2-5-12)15(21)8-16(24-9-17(22)23)11-3-6-13(19)14(20)7-11/h1-7,16H,8-9H2,(H,22,23)/p-1/t16-/m0/s1. The molecule has 0 bridgehead atoms. The van der Waals surface area contributed by atoms with Crippen molar-refractivity contribution in [1.29, 1.82) is 0 Å². The van der Waals surface area contributed by atoms with Crippen LogP contribution in [0, 0.1) is 0 Å². The van der Waals surface area contributed by atoms with E-state index in [0.29, 0.717) is 20.6 Å². The molecule has 0 aliphatic carbocycles. The second-order valence-corrected chi connectivity index (χ2v) is 7.42. The summed E-state index contributed by atoms with van der Waals surface area (Å²) in [4.78, 5) is 23.2. The topological polar surface area (TPSA) is 57.2 Å². The highest BCUT2D eigenvalue weighted by Gasteiger charge is 2.19. The number of hydrogen-bond acceptors (Lipinski definition) is 4. The first-order valence-corrected chi connectivity index (χ1v) is 9.10. The summed E-state index contributed by atoms with van der Waals surface area (Å²) < 4.78 is 0. The molecule has 24 heavy (non-hydrogen) atoms. The van der Waals surface area contributed by atoms with Crippen LogP contribution in [-0.2, 0) is 4.79 Å². The van der Waals surface area contributed by atoms with E-state index in [0.717, 1.165) is 17.3 Å². The van der Waals surface area contributed by atoms with Crippen LogP contribution in [0.3, 0.4) is 0 Å². The number of ketones is 1. The predicted octanol–water partition coefficient (Wildman–Crippen LogP) is 4.44. The molecule has 0 amide bonds. The van der Waals surface area contributed by atoms with Gasteiger partial charge in [0.25, 0.3) is 0 Å². The van der Waals surface area contributed by atoms with Crippen LogP contribution in [0.15, 0.2) is 42.5 Å². The quantitative estimate of drug-likeness (QED) is 0.642. The molecule has 0 unspecified atom stereocenters. The Balaban J connectivity index is 2.21. The minimum atomic E-state index is -1.19. The third kappa shape index (κ3) is 5.42. The maximum Gasteiger partial charge on any atom is 0.164 e. The number of benzene rings is 2.